The van der Waals surface area contributed by atoms with Crippen molar-refractivity contribution >= 4 is 27.8 Å². The molecule has 1 aliphatic rings. The standard InChI is InChI=1S/C29H27F3N6O2/c1-17-13-18(10-12-33-17)25-21-14-19(8-9-22(21)36-37-25)26(39)34-20-5-4-11-28(40,15-20)16-38-24-7-3-2-6-23(24)35-27(38)29(30,31)32/h2-3,6-10,12-14,20,40H,4-5,11,15-16H2,1H3,(H,34,39)(H,36,37). The molecule has 0 spiro atoms. The molecule has 206 valence electrons. The third-order valence-corrected chi connectivity index (χ3v) is 7.51. The first-order valence-electron chi connectivity index (χ1n) is 13.1. The Kier molecular flexibility index (Phi) is 6.33. The van der Waals surface area contributed by atoms with Crippen LogP contribution in [-0.4, -0.2) is 47.4 Å². The van der Waals surface area contributed by atoms with Crippen molar-refractivity contribution in [3.05, 3.63) is 77.9 Å². The first-order chi connectivity index (χ1) is 19.1. The molecule has 2 atom stereocenters. The predicted octanol–water partition coefficient (Wildman–Crippen LogP) is 5.41. The summed E-state index contributed by atoms with van der Waals surface area (Å²) >= 11 is 0. The van der Waals surface area contributed by atoms with E-state index >= 15 is 0 Å². The molecule has 0 saturated heterocycles. The molecule has 40 heavy (non-hydrogen) atoms. The quantitative estimate of drug-likeness (QED) is 0.272. The highest BCUT2D eigenvalue weighted by atomic mass is 19.4. The van der Waals surface area contributed by atoms with Crippen molar-refractivity contribution in [3.63, 3.8) is 0 Å². The Morgan fingerprint density at radius 1 is 1.20 bits per heavy atom. The summed E-state index contributed by atoms with van der Waals surface area (Å²) < 4.78 is 42.5. The van der Waals surface area contributed by atoms with Gasteiger partial charge in [0.05, 0.1) is 28.7 Å². The number of pyridine rings is 1. The maximum absolute atomic E-state index is 13.8. The van der Waals surface area contributed by atoms with Crippen molar-refractivity contribution in [1.29, 1.82) is 0 Å². The Hall–Kier alpha value is -4.25. The summed E-state index contributed by atoms with van der Waals surface area (Å²) in [6.07, 6.45) is -1.35. The lowest BCUT2D eigenvalue weighted by atomic mass is 9.81. The van der Waals surface area contributed by atoms with Crippen molar-refractivity contribution in [2.75, 3.05) is 0 Å². The number of nitrogens with one attached hydrogen (secondary N) is 2. The largest absolute Gasteiger partial charge is 0.449 e. The van der Waals surface area contributed by atoms with Crippen LogP contribution in [0.25, 0.3) is 33.2 Å². The van der Waals surface area contributed by atoms with Gasteiger partial charge in [-0.2, -0.15) is 18.3 Å². The topological polar surface area (TPSA) is 109 Å². The van der Waals surface area contributed by atoms with Gasteiger partial charge in [0.15, 0.2) is 0 Å². The highest BCUT2D eigenvalue weighted by molar-refractivity contribution is 6.01. The number of hydrogen-bond donors (Lipinski definition) is 3. The lowest BCUT2D eigenvalue weighted by molar-refractivity contribution is -0.148. The molecule has 8 nitrogen and oxygen atoms in total. The Bertz CT molecular complexity index is 1730. The lowest BCUT2D eigenvalue weighted by Gasteiger charge is -2.37. The highest BCUT2D eigenvalue weighted by Gasteiger charge is 2.41. The number of benzene rings is 2. The van der Waals surface area contributed by atoms with Gasteiger partial charge < -0.3 is 15.0 Å². The van der Waals surface area contributed by atoms with Crippen molar-refractivity contribution in [2.45, 2.75) is 57.0 Å². The van der Waals surface area contributed by atoms with E-state index in [1.54, 1.807) is 42.6 Å². The number of aryl methyl sites for hydroxylation is 1. The fourth-order valence-corrected chi connectivity index (χ4v) is 5.69. The lowest BCUT2D eigenvalue weighted by Crippen LogP contribution is -2.48. The second-order valence-electron chi connectivity index (χ2n) is 10.5. The zero-order valence-electron chi connectivity index (χ0n) is 21.7. The molecule has 0 bridgehead atoms. The van der Waals surface area contributed by atoms with Gasteiger partial charge >= 0.3 is 6.18 Å². The minimum Gasteiger partial charge on any atom is -0.388 e. The van der Waals surface area contributed by atoms with Crippen molar-refractivity contribution in [1.82, 2.24) is 30.0 Å². The number of alkyl halides is 3. The molecule has 2 unspecified atom stereocenters. The third-order valence-electron chi connectivity index (χ3n) is 7.51. The second kappa shape index (κ2) is 9.74. The average Bonchev–Trinajstić information content (AvgIpc) is 3.50. The number of fused-ring (bicyclic) bond motifs is 2. The number of rotatable bonds is 5. The number of halogens is 3. The SMILES string of the molecule is Cc1cc(-c2n[nH]c3ccc(C(=O)NC4CCCC(O)(Cn5c(C(F)(F)F)nc6ccccc65)C4)cc23)ccn1. The first kappa shape index (κ1) is 26.0. The summed E-state index contributed by atoms with van der Waals surface area (Å²) in [5.74, 6) is -1.36. The minimum absolute atomic E-state index is 0.123. The summed E-state index contributed by atoms with van der Waals surface area (Å²) in [6, 6.07) is 15.0. The molecular formula is C29H27F3N6O2. The van der Waals surface area contributed by atoms with Crippen LogP contribution in [0.3, 0.4) is 0 Å². The van der Waals surface area contributed by atoms with Gasteiger partial charge in [-0.05, 0) is 75.1 Å². The molecule has 6 rings (SSSR count). The normalized spacial score (nSPS) is 19.8. The second-order valence-corrected chi connectivity index (χ2v) is 10.5. The summed E-state index contributed by atoms with van der Waals surface area (Å²) in [5, 5.41) is 22.6. The van der Waals surface area contributed by atoms with Gasteiger partial charge in [-0.3, -0.25) is 14.9 Å². The van der Waals surface area contributed by atoms with Crippen LogP contribution in [0.1, 0.15) is 47.6 Å². The third kappa shape index (κ3) is 4.92. The van der Waals surface area contributed by atoms with E-state index in [1.165, 1.54) is 6.07 Å². The molecule has 1 fully saturated rings. The molecule has 5 aromatic rings. The van der Waals surface area contributed by atoms with Crippen molar-refractivity contribution < 1.29 is 23.1 Å². The van der Waals surface area contributed by atoms with E-state index in [2.05, 4.69) is 25.5 Å². The first-order valence-corrected chi connectivity index (χ1v) is 13.1. The minimum atomic E-state index is -4.67. The molecule has 3 heterocycles. The smallest absolute Gasteiger partial charge is 0.388 e. The van der Waals surface area contributed by atoms with Gasteiger partial charge in [0.25, 0.3) is 5.91 Å². The van der Waals surface area contributed by atoms with Crippen LogP contribution in [0.2, 0.25) is 0 Å². The number of para-hydroxylation sites is 2. The molecule has 3 N–H and O–H groups in total. The highest BCUT2D eigenvalue weighted by Crippen LogP contribution is 2.36. The molecule has 0 radical (unpaired) electrons. The van der Waals surface area contributed by atoms with Crippen molar-refractivity contribution in [3.8, 4) is 11.3 Å². The van der Waals surface area contributed by atoms with Crippen LogP contribution in [0.5, 0.6) is 0 Å². The molecule has 2 aromatic carbocycles. The molecule has 1 aliphatic carbocycles. The van der Waals surface area contributed by atoms with Crippen molar-refractivity contribution in [2.24, 2.45) is 0 Å². The van der Waals surface area contributed by atoms with E-state index in [9.17, 15) is 23.1 Å². The number of hydrogen-bond acceptors (Lipinski definition) is 5. The summed E-state index contributed by atoms with van der Waals surface area (Å²) in [6.45, 7) is 1.62. The van der Waals surface area contributed by atoms with E-state index < -0.39 is 23.6 Å². The van der Waals surface area contributed by atoms with Crippen LogP contribution in [0.4, 0.5) is 13.2 Å². The number of nitrogens with zero attached hydrogens (tertiary/aromatic N) is 4. The predicted molar refractivity (Wildman–Crippen MR) is 143 cm³/mol. The van der Waals surface area contributed by atoms with Crippen LogP contribution in [0.15, 0.2) is 60.8 Å². The van der Waals surface area contributed by atoms with Crippen LogP contribution in [0, 0.1) is 6.92 Å². The number of carbonyl (C=O) groups is 1. The van der Waals surface area contributed by atoms with Crippen LogP contribution < -0.4 is 5.32 Å². The van der Waals surface area contributed by atoms with E-state index in [4.69, 9.17) is 0 Å². The number of aliphatic hydroxyl groups is 1. The summed E-state index contributed by atoms with van der Waals surface area (Å²) in [4.78, 5) is 21.3. The molecule has 0 aliphatic heterocycles. The summed E-state index contributed by atoms with van der Waals surface area (Å²) in [5.41, 5.74) is 2.71. The number of carbonyl (C=O) groups excluding carboxylic acids is 1. The number of H-pyrrole nitrogens is 1. The molecule has 11 heteroatoms. The van der Waals surface area contributed by atoms with Gasteiger partial charge in [-0.25, -0.2) is 4.98 Å². The Morgan fingerprint density at radius 2 is 2.02 bits per heavy atom. The number of aromatic amines is 1. The average molecular weight is 549 g/mol. The Balaban J connectivity index is 1.22. The maximum atomic E-state index is 13.8. The Morgan fingerprint density at radius 3 is 2.83 bits per heavy atom. The van der Waals surface area contributed by atoms with Gasteiger partial charge in [0.2, 0.25) is 5.82 Å². The number of amides is 1. The number of aromatic nitrogens is 5. The molecule has 1 amide bonds. The Labute approximate surface area is 227 Å². The van der Waals surface area contributed by atoms with Gasteiger partial charge in [0.1, 0.15) is 5.69 Å². The van der Waals surface area contributed by atoms with E-state index in [0.29, 0.717) is 36.0 Å². The maximum Gasteiger partial charge on any atom is 0.449 e. The van der Waals surface area contributed by atoms with Gasteiger partial charge in [-0.15, -0.1) is 0 Å². The van der Waals surface area contributed by atoms with Gasteiger partial charge in [-0.1, -0.05) is 12.1 Å². The molecular weight excluding hydrogens is 521 g/mol. The van der Waals surface area contributed by atoms with E-state index in [-0.39, 0.29) is 24.4 Å². The fraction of sp³-hybridized carbons (Fsp3) is 0.310. The monoisotopic (exact) mass is 548 g/mol. The fourth-order valence-electron chi connectivity index (χ4n) is 5.69. The van der Waals surface area contributed by atoms with Crippen LogP contribution in [-0.2, 0) is 12.7 Å². The number of imidazole rings is 1. The van der Waals surface area contributed by atoms with E-state index in [1.807, 2.05) is 19.1 Å². The zero-order valence-corrected chi connectivity index (χ0v) is 21.7. The molecule has 3 aromatic heterocycles. The zero-order chi connectivity index (χ0) is 28.1. The molecule has 1 saturated carbocycles. The summed E-state index contributed by atoms with van der Waals surface area (Å²) in [7, 11) is 0. The van der Waals surface area contributed by atoms with Gasteiger partial charge in [0, 0.05) is 34.4 Å². The van der Waals surface area contributed by atoms with Crippen LogP contribution >= 0.6 is 0 Å². The van der Waals surface area contributed by atoms with E-state index in [0.717, 1.165) is 26.7 Å².